The lowest BCUT2D eigenvalue weighted by Gasteiger charge is -2.13. The van der Waals surface area contributed by atoms with Crippen molar-refractivity contribution < 1.29 is 9.53 Å². The van der Waals surface area contributed by atoms with Crippen molar-refractivity contribution in [2.45, 2.75) is 12.8 Å². The second-order valence-corrected chi connectivity index (χ2v) is 5.17. The molecule has 0 atom stereocenters. The van der Waals surface area contributed by atoms with Crippen LogP contribution >= 0.6 is 34.2 Å². The minimum atomic E-state index is 0.0200. The van der Waals surface area contributed by atoms with E-state index in [1.54, 1.807) is 18.4 Å². The van der Waals surface area contributed by atoms with Gasteiger partial charge >= 0.3 is 0 Å². The Hall–Kier alpha value is -0.550. The topological polar surface area (TPSA) is 26.3 Å². The van der Waals surface area contributed by atoms with E-state index in [9.17, 15) is 4.79 Å². The first kappa shape index (κ1) is 11.9. The Morgan fingerprint density at radius 3 is 2.94 bits per heavy atom. The van der Waals surface area contributed by atoms with Crippen LogP contribution in [0.1, 0.15) is 23.2 Å². The maximum atomic E-state index is 12.2. The van der Waals surface area contributed by atoms with Gasteiger partial charge in [0, 0.05) is 19.7 Å². The molecule has 0 fully saturated rings. The Morgan fingerprint density at radius 1 is 1.44 bits per heavy atom. The molecule has 1 aliphatic rings. The van der Waals surface area contributed by atoms with E-state index in [1.165, 1.54) is 0 Å². The summed E-state index contributed by atoms with van der Waals surface area (Å²) >= 11 is 8.03. The molecule has 0 bridgehead atoms. The van der Waals surface area contributed by atoms with Crippen LogP contribution in [0.3, 0.4) is 0 Å². The van der Waals surface area contributed by atoms with E-state index in [-0.39, 0.29) is 5.78 Å². The van der Waals surface area contributed by atoms with E-state index in [4.69, 9.17) is 16.3 Å². The predicted octanol–water partition coefficient (Wildman–Crippen LogP) is 3.82. The summed E-state index contributed by atoms with van der Waals surface area (Å²) in [5.74, 6) is 0.0200. The minimum Gasteiger partial charge on any atom is -0.501 e. The smallest absolute Gasteiger partial charge is 0.193 e. The first-order valence-corrected chi connectivity index (χ1v) is 6.44. The van der Waals surface area contributed by atoms with Crippen molar-refractivity contribution in [3.63, 3.8) is 0 Å². The van der Waals surface area contributed by atoms with Crippen molar-refractivity contribution in [2.75, 3.05) is 6.61 Å². The molecule has 0 N–H and O–H groups in total. The molecule has 84 valence electrons. The van der Waals surface area contributed by atoms with Crippen molar-refractivity contribution >= 4 is 40.0 Å². The molecule has 4 heteroatoms. The number of allylic oxidation sites excluding steroid dienone is 1. The van der Waals surface area contributed by atoms with Crippen LogP contribution in [0.2, 0.25) is 5.02 Å². The average molecular weight is 349 g/mol. The Bertz CT molecular complexity index is 454. The molecule has 2 rings (SSSR count). The van der Waals surface area contributed by atoms with Gasteiger partial charge in [-0.15, -0.1) is 0 Å². The zero-order valence-corrected chi connectivity index (χ0v) is 11.4. The number of benzene rings is 1. The van der Waals surface area contributed by atoms with Crippen molar-refractivity contribution in [3.8, 4) is 0 Å². The van der Waals surface area contributed by atoms with Gasteiger partial charge in [-0.25, -0.2) is 0 Å². The molecule has 1 aromatic carbocycles. The summed E-state index contributed by atoms with van der Waals surface area (Å²) < 4.78 is 6.09. The minimum absolute atomic E-state index is 0.0200. The quantitative estimate of drug-likeness (QED) is 0.600. The van der Waals surface area contributed by atoms with Gasteiger partial charge in [0.2, 0.25) is 0 Å². The van der Waals surface area contributed by atoms with Gasteiger partial charge in [0.1, 0.15) is 0 Å². The highest BCUT2D eigenvalue weighted by Gasteiger charge is 2.17. The van der Waals surface area contributed by atoms with Crippen LogP contribution in [-0.2, 0) is 4.74 Å². The standard InChI is InChI=1S/C12H10ClIO2/c13-9-3-4-11(14)10(6-9)12(15)8-2-1-5-16-7-8/h3-4,6-7H,1-2,5H2. The van der Waals surface area contributed by atoms with E-state index in [1.807, 2.05) is 6.07 Å². The highest BCUT2D eigenvalue weighted by molar-refractivity contribution is 14.1. The van der Waals surface area contributed by atoms with Gasteiger partial charge in [0.25, 0.3) is 0 Å². The number of halogens is 2. The fraction of sp³-hybridized carbons (Fsp3) is 0.250. The molecular weight excluding hydrogens is 338 g/mol. The lowest BCUT2D eigenvalue weighted by molar-refractivity contribution is 0.101. The molecule has 0 saturated carbocycles. The van der Waals surface area contributed by atoms with Gasteiger partial charge in [-0.2, -0.15) is 0 Å². The molecule has 0 spiro atoms. The highest BCUT2D eigenvalue weighted by Crippen LogP contribution is 2.23. The first-order valence-electron chi connectivity index (χ1n) is 4.99. The lowest BCUT2D eigenvalue weighted by Crippen LogP contribution is -2.10. The summed E-state index contributed by atoms with van der Waals surface area (Å²) in [4.78, 5) is 12.2. The molecule has 2 nitrogen and oxygen atoms in total. The molecule has 1 aliphatic heterocycles. The third-order valence-corrected chi connectivity index (χ3v) is 3.57. The molecular formula is C12H10ClIO2. The van der Waals surface area contributed by atoms with Crippen molar-refractivity contribution in [3.05, 3.63) is 44.2 Å². The SMILES string of the molecule is O=C(C1=COCCC1)c1cc(Cl)ccc1I. The molecule has 0 aliphatic carbocycles. The fourth-order valence-corrected chi connectivity index (χ4v) is 2.33. The third-order valence-electron chi connectivity index (χ3n) is 2.40. The van der Waals surface area contributed by atoms with Crippen LogP contribution in [-0.4, -0.2) is 12.4 Å². The molecule has 0 aromatic heterocycles. The Balaban J connectivity index is 2.33. The largest absolute Gasteiger partial charge is 0.501 e. The van der Waals surface area contributed by atoms with Gasteiger partial charge in [-0.05, 0) is 53.6 Å². The van der Waals surface area contributed by atoms with Gasteiger partial charge in [-0.1, -0.05) is 11.6 Å². The number of carbonyl (C=O) groups is 1. The molecule has 1 heterocycles. The molecule has 0 unspecified atom stereocenters. The summed E-state index contributed by atoms with van der Waals surface area (Å²) in [6.45, 7) is 0.698. The Morgan fingerprint density at radius 2 is 2.25 bits per heavy atom. The van der Waals surface area contributed by atoms with Gasteiger partial charge < -0.3 is 4.74 Å². The zero-order chi connectivity index (χ0) is 11.5. The summed E-state index contributed by atoms with van der Waals surface area (Å²) in [6.07, 6.45) is 3.25. The van der Waals surface area contributed by atoms with E-state index in [0.717, 1.165) is 22.0 Å². The third kappa shape index (κ3) is 2.58. The predicted molar refractivity (Wildman–Crippen MR) is 71.8 cm³/mol. The number of ether oxygens (including phenoxy) is 1. The average Bonchev–Trinajstić information content (AvgIpc) is 2.32. The molecule has 1 aromatic rings. The summed E-state index contributed by atoms with van der Waals surface area (Å²) in [6, 6.07) is 5.34. The highest BCUT2D eigenvalue weighted by atomic mass is 127. The number of rotatable bonds is 2. The van der Waals surface area contributed by atoms with Crippen molar-refractivity contribution in [1.82, 2.24) is 0 Å². The van der Waals surface area contributed by atoms with Crippen LogP contribution < -0.4 is 0 Å². The van der Waals surface area contributed by atoms with Crippen LogP contribution in [0.25, 0.3) is 0 Å². The van der Waals surface area contributed by atoms with E-state index < -0.39 is 0 Å². The van der Waals surface area contributed by atoms with Crippen molar-refractivity contribution in [2.24, 2.45) is 0 Å². The fourth-order valence-electron chi connectivity index (χ4n) is 1.58. The first-order chi connectivity index (χ1) is 7.68. The summed E-state index contributed by atoms with van der Waals surface area (Å²) in [7, 11) is 0. The monoisotopic (exact) mass is 348 g/mol. The number of hydrogen-bond acceptors (Lipinski definition) is 2. The molecule has 0 saturated heterocycles. The van der Waals surface area contributed by atoms with Crippen LogP contribution in [0.4, 0.5) is 0 Å². The van der Waals surface area contributed by atoms with E-state index in [2.05, 4.69) is 22.6 Å². The van der Waals surface area contributed by atoms with Crippen LogP contribution in [0.15, 0.2) is 30.0 Å². The number of Topliss-reactive ketones (excluding diaryl/α,β-unsaturated/α-hetero) is 1. The molecule has 16 heavy (non-hydrogen) atoms. The number of hydrogen-bond donors (Lipinski definition) is 0. The zero-order valence-electron chi connectivity index (χ0n) is 8.50. The summed E-state index contributed by atoms with van der Waals surface area (Å²) in [5.41, 5.74) is 1.39. The normalized spacial score (nSPS) is 15.2. The van der Waals surface area contributed by atoms with Crippen molar-refractivity contribution in [1.29, 1.82) is 0 Å². The molecule has 0 amide bonds. The van der Waals surface area contributed by atoms with Gasteiger partial charge in [0.05, 0.1) is 12.9 Å². The maximum Gasteiger partial charge on any atom is 0.193 e. The Kier molecular flexibility index (Phi) is 3.86. The van der Waals surface area contributed by atoms with Gasteiger partial charge in [0.15, 0.2) is 5.78 Å². The second kappa shape index (κ2) is 5.19. The second-order valence-electron chi connectivity index (χ2n) is 3.57. The molecule has 0 radical (unpaired) electrons. The van der Waals surface area contributed by atoms with Crippen LogP contribution in [0, 0.1) is 3.57 Å². The van der Waals surface area contributed by atoms with Crippen LogP contribution in [0.5, 0.6) is 0 Å². The van der Waals surface area contributed by atoms with Gasteiger partial charge in [-0.3, -0.25) is 4.79 Å². The summed E-state index contributed by atoms with van der Waals surface area (Å²) in [5, 5.41) is 0.584. The Labute approximate surface area is 113 Å². The van der Waals surface area contributed by atoms with E-state index >= 15 is 0 Å². The lowest BCUT2D eigenvalue weighted by atomic mass is 10.00. The number of carbonyl (C=O) groups excluding carboxylic acids is 1. The number of ketones is 1. The van der Waals surface area contributed by atoms with E-state index in [0.29, 0.717) is 17.2 Å². The maximum absolute atomic E-state index is 12.2.